The molecule has 9 heteroatoms. The van der Waals surface area contributed by atoms with Crippen LogP contribution in [0.5, 0.6) is 12.0 Å². The molecule has 2 N–H and O–H groups in total. The maximum Gasteiger partial charge on any atom is 0.320 e. The maximum absolute atomic E-state index is 6.12. The summed E-state index contributed by atoms with van der Waals surface area (Å²) < 4.78 is 13.1. The van der Waals surface area contributed by atoms with Gasteiger partial charge in [-0.05, 0) is 40.2 Å². The minimum atomic E-state index is 0.242. The lowest BCUT2D eigenvalue weighted by molar-refractivity contribution is 0.0613. The van der Waals surface area contributed by atoms with Crippen LogP contribution in [0.25, 0.3) is 11.2 Å². The molecule has 1 aliphatic rings. The van der Waals surface area contributed by atoms with Crippen LogP contribution in [0.15, 0.2) is 0 Å². The minimum absolute atomic E-state index is 0.242. The molecule has 30 heavy (non-hydrogen) atoms. The molecule has 2 aromatic rings. The van der Waals surface area contributed by atoms with Gasteiger partial charge in [0.1, 0.15) is 0 Å². The number of hydrogen-bond donors (Lipinski definition) is 1. The molecule has 0 amide bonds. The average Bonchev–Trinajstić information content (AvgIpc) is 3.06. The van der Waals surface area contributed by atoms with Gasteiger partial charge in [-0.15, -0.1) is 0 Å². The number of ether oxygens (including phenoxy) is 2. The molecule has 0 saturated carbocycles. The number of imidazole rings is 1. The van der Waals surface area contributed by atoms with Crippen LogP contribution in [0.3, 0.4) is 0 Å². The van der Waals surface area contributed by atoms with Crippen molar-refractivity contribution in [3.8, 4) is 12.0 Å². The van der Waals surface area contributed by atoms with Gasteiger partial charge >= 0.3 is 6.01 Å². The topological polar surface area (TPSA) is 94.6 Å². The highest BCUT2D eigenvalue weighted by molar-refractivity contribution is 5.83. The van der Waals surface area contributed by atoms with Gasteiger partial charge in [-0.3, -0.25) is 9.47 Å². The Morgan fingerprint density at radius 3 is 2.37 bits per heavy atom. The van der Waals surface area contributed by atoms with Crippen LogP contribution < -0.4 is 15.2 Å². The molecule has 0 aliphatic carbocycles. The number of nitrogen functional groups attached to an aromatic ring is 1. The summed E-state index contributed by atoms with van der Waals surface area (Å²) in [5, 5.41) is 0. The van der Waals surface area contributed by atoms with Crippen molar-refractivity contribution in [2.75, 3.05) is 52.2 Å². The van der Waals surface area contributed by atoms with Gasteiger partial charge in [0, 0.05) is 38.3 Å². The van der Waals surface area contributed by atoms with E-state index in [-0.39, 0.29) is 5.54 Å². The molecular weight excluding hydrogens is 382 g/mol. The van der Waals surface area contributed by atoms with Crippen LogP contribution >= 0.6 is 0 Å². The summed E-state index contributed by atoms with van der Waals surface area (Å²) in [7, 11) is 1.62. The smallest absolute Gasteiger partial charge is 0.320 e. The van der Waals surface area contributed by atoms with Crippen LogP contribution in [0.4, 0.5) is 5.82 Å². The van der Waals surface area contributed by atoms with Crippen molar-refractivity contribution in [3.63, 3.8) is 0 Å². The Labute approximate surface area is 179 Å². The van der Waals surface area contributed by atoms with E-state index in [1.165, 1.54) is 0 Å². The molecule has 0 radical (unpaired) electrons. The Morgan fingerprint density at radius 1 is 1.00 bits per heavy atom. The summed E-state index contributed by atoms with van der Waals surface area (Å²) in [6, 6.07) is 0.810. The Hall–Kier alpha value is -2.13. The van der Waals surface area contributed by atoms with E-state index in [0.29, 0.717) is 35.6 Å². The molecule has 3 rings (SSSR count). The quantitative estimate of drug-likeness (QED) is 0.619. The van der Waals surface area contributed by atoms with E-state index < -0.39 is 0 Å². The van der Waals surface area contributed by atoms with Gasteiger partial charge in [-0.2, -0.15) is 15.0 Å². The van der Waals surface area contributed by atoms with E-state index in [4.69, 9.17) is 15.2 Å². The number of nitrogens with zero attached hydrogens (tertiary/aromatic N) is 6. The lowest BCUT2D eigenvalue weighted by Crippen LogP contribution is -2.53. The van der Waals surface area contributed by atoms with Crippen molar-refractivity contribution in [2.45, 2.75) is 59.0 Å². The van der Waals surface area contributed by atoms with E-state index in [2.05, 4.69) is 52.4 Å². The summed E-state index contributed by atoms with van der Waals surface area (Å²) in [4.78, 5) is 18.4. The number of methoxy groups -OCH3 is 1. The van der Waals surface area contributed by atoms with Crippen LogP contribution in [-0.2, 0) is 6.54 Å². The predicted molar refractivity (Wildman–Crippen MR) is 119 cm³/mol. The highest BCUT2D eigenvalue weighted by atomic mass is 16.5. The van der Waals surface area contributed by atoms with Gasteiger partial charge in [0.15, 0.2) is 17.0 Å². The molecule has 0 spiro atoms. The second-order valence-electron chi connectivity index (χ2n) is 8.87. The van der Waals surface area contributed by atoms with Crippen molar-refractivity contribution < 1.29 is 9.47 Å². The number of piperazine rings is 1. The second-order valence-corrected chi connectivity index (χ2v) is 8.87. The van der Waals surface area contributed by atoms with E-state index in [1.54, 1.807) is 7.11 Å². The standard InChI is InChI=1S/C21H37N7O2/c1-6-7-15-30-19-24-17(22)16-18(25-19)28(20(23-16)29-5)10-8-9-26-11-13-27(14-12-26)21(2,3)4/h6-15H2,1-5H3,(H2,22,24,25). The van der Waals surface area contributed by atoms with Crippen LogP contribution in [0.1, 0.15) is 47.0 Å². The number of anilines is 1. The van der Waals surface area contributed by atoms with Crippen LogP contribution in [0, 0.1) is 0 Å². The van der Waals surface area contributed by atoms with E-state index in [9.17, 15) is 0 Å². The first kappa shape index (κ1) is 22.6. The fourth-order valence-corrected chi connectivity index (χ4v) is 3.81. The first-order valence-corrected chi connectivity index (χ1v) is 11.0. The zero-order chi connectivity index (χ0) is 21.7. The molecule has 0 bridgehead atoms. The highest BCUT2D eigenvalue weighted by Crippen LogP contribution is 2.26. The largest absolute Gasteiger partial charge is 0.468 e. The third kappa shape index (κ3) is 5.31. The zero-order valence-corrected chi connectivity index (χ0v) is 19.1. The van der Waals surface area contributed by atoms with Gasteiger partial charge in [0.05, 0.1) is 13.7 Å². The first-order chi connectivity index (χ1) is 14.3. The summed E-state index contributed by atoms with van der Waals surface area (Å²) in [5.74, 6) is 0.321. The van der Waals surface area contributed by atoms with Crippen molar-refractivity contribution in [2.24, 2.45) is 0 Å². The molecular formula is C21H37N7O2. The Morgan fingerprint density at radius 2 is 1.73 bits per heavy atom. The van der Waals surface area contributed by atoms with Gasteiger partial charge in [0.25, 0.3) is 6.01 Å². The second kappa shape index (κ2) is 9.78. The van der Waals surface area contributed by atoms with Crippen LogP contribution in [0.2, 0.25) is 0 Å². The number of aromatic nitrogens is 4. The van der Waals surface area contributed by atoms with E-state index in [1.807, 2.05) is 4.57 Å². The number of rotatable bonds is 9. The molecule has 3 heterocycles. The third-order valence-electron chi connectivity index (χ3n) is 5.65. The van der Waals surface area contributed by atoms with Crippen molar-refractivity contribution in [3.05, 3.63) is 0 Å². The van der Waals surface area contributed by atoms with E-state index in [0.717, 1.165) is 58.5 Å². The SMILES string of the molecule is CCCCOc1nc(N)c2nc(OC)n(CCCN3CCN(C(C)(C)C)CC3)c2n1. The summed E-state index contributed by atoms with van der Waals surface area (Å²) >= 11 is 0. The summed E-state index contributed by atoms with van der Waals surface area (Å²) in [6.07, 6.45) is 2.98. The number of aryl methyl sites for hydroxylation is 1. The molecule has 168 valence electrons. The highest BCUT2D eigenvalue weighted by Gasteiger charge is 2.25. The summed E-state index contributed by atoms with van der Waals surface area (Å²) in [5.41, 5.74) is 7.59. The number of hydrogen-bond acceptors (Lipinski definition) is 8. The van der Waals surface area contributed by atoms with Crippen molar-refractivity contribution in [1.29, 1.82) is 0 Å². The van der Waals surface area contributed by atoms with Gasteiger partial charge in [-0.25, -0.2) is 0 Å². The Kier molecular flexibility index (Phi) is 7.36. The molecule has 1 fully saturated rings. The lowest BCUT2D eigenvalue weighted by Gasteiger charge is -2.42. The van der Waals surface area contributed by atoms with Crippen LogP contribution in [-0.4, -0.2) is 81.3 Å². The normalized spacial score (nSPS) is 16.3. The van der Waals surface area contributed by atoms with Gasteiger partial charge < -0.3 is 20.1 Å². The number of nitrogens with two attached hydrogens (primary N) is 1. The minimum Gasteiger partial charge on any atom is -0.468 e. The number of unbranched alkanes of at least 4 members (excludes halogenated alkanes) is 1. The molecule has 9 nitrogen and oxygen atoms in total. The average molecular weight is 420 g/mol. The molecule has 0 unspecified atom stereocenters. The fraction of sp³-hybridized carbons (Fsp3) is 0.762. The van der Waals surface area contributed by atoms with E-state index >= 15 is 0 Å². The number of fused-ring (bicyclic) bond motifs is 1. The molecule has 1 saturated heterocycles. The zero-order valence-electron chi connectivity index (χ0n) is 19.1. The van der Waals surface area contributed by atoms with Gasteiger partial charge in [0.2, 0.25) is 0 Å². The maximum atomic E-state index is 6.12. The monoisotopic (exact) mass is 419 g/mol. The fourth-order valence-electron chi connectivity index (χ4n) is 3.81. The molecule has 0 atom stereocenters. The summed E-state index contributed by atoms with van der Waals surface area (Å²) in [6.45, 7) is 15.8. The van der Waals surface area contributed by atoms with Gasteiger partial charge in [-0.1, -0.05) is 13.3 Å². The predicted octanol–water partition coefficient (Wildman–Crippen LogP) is 2.40. The van der Waals surface area contributed by atoms with Crippen molar-refractivity contribution >= 4 is 17.0 Å². The Balaban J connectivity index is 1.65. The molecule has 1 aliphatic heterocycles. The van der Waals surface area contributed by atoms with Crippen molar-refractivity contribution in [1.82, 2.24) is 29.3 Å². The lowest BCUT2D eigenvalue weighted by atomic mass is 10.0. The molecule has 0 aromatic carbocycles. The third-order valence-corrected chi connectivity index (χ3v) is 5.65. The Bertz CT molecular complexity index is 823. The molecule has 2 aromatic heterocycles. The first-order valence-electron chi connectivity index (χ1n) is 11.0.